The third-order valence-electron chi connectivity index (χ3n) is 3.78. The Morgan fingerprint density at radius 1 is 0.862 bits per heavy atom. The monoisotopic (exact) mass is 444 g/mol. The van der Waals surface area contributed by atoms with Gasteiger partial charge < -0.3 is 9.47 Å². The number of allylic oxidation sites excluding steroid dienone is 3. The molecule has 1 aromatic carbocycles. The minimum atomic E-state index is -10.7. The molecule has 0 radical (unpaired) electrons. The Labute approximate surface area is 165 Å². The summed E-state index contributed by atoms with van der Waals surface area (Å²) in [5.74, 6) is 2.18. The first kappa shape index (κ1) is 24.8. The van der Waals surface area contributed by atoms with Gasteiger partial charge in [0.05, 0.1) is 20.3 Å². The molecule has 10 heteroatoms. The number of carbonyl (C=O) groups excluding carboxylic acids is 1. The van der Waals surface area contributed by atoms with Gasteiger partial charge in [0, 0.05) is 6.08 Å². The van der Waals surface area contributed by atoms with E-state index in [4.69, 9.17) is 13.9 Å². The van der Waals surface area contributed by atoms with Crippen molar-refractivity contribution in [2.45, 2.75) is 20.8 Å². The fourth-order valence-electron chi connectivity index (χ4n) is 2.74. The molecule has 0 aliphatic heterocycles. The number of methoxy groups -OCH3 is 2. The summed E-state index contributed by atoms with van der Waals surface area (Å²) in [6, 6.07) is 4.36. The van der Waals surface area contributed by atoms with Crippen molar-refractivity contribution < 1.29 is 39.1 Å². The van der Waals surface area contributed by atoms with Crippen LogP contribution in [0.3, 0.4) is 0 Å². The fourth-order valence-corrected chi connectivity index (χ4v) is 2.74. The molecule has 0 heterocycles. The van der Waals surface area contributed by atoms with E-state index in [2.05, 4.69) is 39.0 Å². The van der Waals surface area contributed by atoms with Crippen molar-refractivity contribution in [3.63, 3.8) is 0 Å². The van der Waals surface area contributed by atoms with Crippen LogP contribution in [0.4, 0.5) is 25.2 Å². The maximum absolute atomic E-state index is 10.7. The molecule has 3 nitrogen and oxygen atoms in total. The van der Waals surface area contributed by atoms with Crippen LogP contribution in [0, 0.1) is 20.8 Å². The summed E-state index contributed by atoms with van der Waals surface area (Å²) in [5.41, 5.74) is 5.84. The van der Waals surface area contributed by atoms with Gasteiger partial charge in [0.1, 0.15) is 17.1 Å². The van der Waals surface area contributed by atoms with Gasteiger partial charge in [-0.15, -0.1) is 0 Å². The molecule has 29 heavy (non-hydrogen) atoms. The summed E-state index contributed by atoms with van der Waals surface area (Å²) >= 11 is 0. The van der Waals surface area contributed by atoms with Crippen molar-refractivity contribution in [2.24, 2.45) is 0 Å². The average Bonchev–Trinajstić information content (AvgIpc) is 2.54. The first-order chi connectivity index (χ1) is 12.9. The fraction of sp³-hybridized carbons (Fsp3) is 0.316. The van der Waals surface area contributed by atoms with Gasteiger partial charge in [-0.05, 0) is 43.5 Å². The summed E-state index contributed by atoms with van der Waals surface area (Å²) in [6.07, 6.45) is 5.85. The Balaban J connectivity index is 0.000000516. The van der Waals surface area contributed by atoms with Crippen molar-refractivity contribution in [1.82, 2.24) is 0 Å². The third kappa shape index (κ3) is 9.17. The third-order valence-corrected chi connectivity index (χ3v) is 3.78. The van der Waals surface area contributed by atoms with Gasteiger partial charge in [0.25, 0.3) is 7.11 Å². The Bertz CT molecular complexity index is 876. The van der Waals surface area contributed by atoms with Crippen LogP contribution < -0.4 is 0 Å². The van der Waals surface area contributed by atoms with Gasteiger partial charge >= 0.3 is 38.8 Å². The molecule has 0 atom stereocenters. The molecule has 0 saturated heterocycles. The quantitative estimate of drug-likeness (QED) is 0.214. The molecule has 1 aliphatic carbocycles. The van der Waals surface area contributed by atoms with E-state index in [1.165, 1.54) is 22.3 Å². The van der Waals surface area contributed by atoms with E-state index in [1.807, 2.05) is 12.2 Å². The second kappa shape index (κ2) is 7.86. The van der Waals surface area contributed by atoms with Gasteiger partial charge in [-0.3, -0.25) is 4.42 Å². The number of hydrogen-bond donors (Lipinski definition) is 0. The van der Waals surface area contributed by atoms with E-state index in [9.17, 15) is 25.2 Å². The zero-order valence-corrected chi connectivity index (χ0v) is 17.7. The molecule has 1 aliphatic rings. The number of benzene rings is 1. The van der Waals surface area contributed by atoms with Crippen LogP contribution in [0.25, 0.3) is 6.08 Å². The molecule has 0 spiro atoms. The number of ether oxygens (including phenoxy) is 2. The number of rotatable bonds is 3. The maximum atomic E-state index is 9.87. The van der Waals surface area contributed by atoms with E-state index in [0.29, 0.717) is 5.76 Å². The standard InChI is InChI=1S/C19H23O3.F6P/c1-12-7-13(2)16(14(3)8-12)11-17-18(21-5)9-15(20-4)10-19(17)22-6;1-7(2,3,4,5)6/h7-11H,1-6H3;/q+1;-1. The van der Waals surface area contributed by atoms with Crippen LogP contribution in [0.1, 0.15) is 22.3 Å². The van der Waals surface area contributed by atoms with Gasteiger partial charge in [-0.25, -0.2) is 0 Å². The van der Waals surface area contributed by atoms with Crippen molar-refractivity contribution in [1.29, 1.82) is 0 Å². The van der Waals surface area contributed by atoms with Crippen molar-refractivity contribution in [3.8, 4) is 0 Å². The second-order valence-electron chi connectivity index (χ2n) is 6.36. The second-order valence-corrected chi connectivity index (χ2v) is 8.28. The number of ketones is 1. The Morgan fingerprint density at radius 2 is 1.34 bits per heavy atom. The Hall–Kier alpha value is -2.28. The van der Waals surface area contributed by atoms with E-state index in [0.717, 1.165) is 17.1 Å². The van der Waals surface area contributed by atoms with E-state index >= 15 is 0 Å². The molecule has 1 aromatic rings. The average molecular weight is 444 g/mol. The Kier molecular flexibility index (Phi) is 6.71. The summed E-state index contributed by atoms with van der Waals surface area (Å²) < 4.78 is 75.5. The molecular formula is C19H23F6O3P. The zero-order chi connectivity index (χ0) is 22.7. The molecule has 0 bridgehead atoms. The molecule has 2 rings (SSSR count). The topological polar surface area (TPSA) is 29.8 Å². The number of aryl methyl sites for hydroxylation is 3. The summed E-state index contributed by atoms with van der Waals surface area (Å²) in [4.78, 5) is 0. The van der Waals surface area contributed by atoms with Crippen LogP contribution in [0.15, 0.2) is 41.4 Å². The van der Waals surface area contributed by atoms with Crippen LogP contribution in [0.2, 0.25) is 0 Å². The molecule has 164 valence electrons. The van der Waals surface area contributed by atoms with Crippen LogP contribution in [0.5, 0.6) is 0 Å². The SMILES string of the molecule is COC1=CC(=[O+]C)C(=Cc2c(C)cc(C)cc2C)C(OC)=C1.F[P-](F)(F)(F)(F)F. The predicted molar refractivity (Wildman–Crippen MR) is 103 cm³/mol. The number of halogens is 6. The van der Waals surface area contributed by atoms with Gasteiger partial charge in [-0.1, -0.05) is 17.7 Å². The first-order valence-corrected chi connectivity index (χ1v) is 10.3. The summed E-state index contributed by atoms with van der Waals surface area (Å²) in [7, 11) is -5.72. The van der Waals surface area contributed by atoms with Gasteiger partial charge in [0.2, 0.25) is 0 Å². The molecule has 0 fully saturated rings. The van der Waals surface area contributed by atoms with E-state index in [1.54, 1.807) is 21.3 Å². The molecule has 0 aromatic heterocycles. The van der Waals surface area contributed by atoms with E-state index < -0.39 is 7.81 Å². The van der Waals surface area contributed by atoms with Crippen LogP contribution in [-0.4, -0.2) is 27.1 Å². The predicted octanol–water partition coefficient (Wildman–Crippen LogP) is 7.19. The van der Waals surface area contributed by atoms with Crippen LogP contribution in [-0.2, 0) is 13.9 Å². The van der Waals surface area contributed by atoms with Crippen molar-refractivity contribution >= 4 is 19.7 Å². The molecule has 0 saturated carbocycles. The zero-order valence-electron chi connectivity index (χ0n) is 16.8. The van der Waals surface area contributed by atoms with Crippen molar-refractivity contribution in [2.75, 3.05) is 21.3 Å². The molecule has 0 amide bonds. The van der Waals surface area contributed by atoms with E-state index in [-0.39, 0.29) is 0 Å². The minimum absolute atomic E-state index is 0.711. The Morgan fingerprint density at radius 3 is 1.72 bits per heavy atom. The normalized spacial score (nSPS) is 19.4. The molecule has 0 N–H and O–H groups in total. The summed E-state index contributed by atoms with van der Waals surface area (Å²) in [5, 5.41) is 0. The number of hydrogen-bond acceptors (Lipinski definition) is 2. The molecule has 0 unspecified atom stereocenters. The van der Waals surface area contributed by atoms with Crippen LogP contribution >= 0.6 is 7.81 Å². The van der Waals surface area contributed by atoms with Crippen molar-refractivity contribution in [3.05, 3.63) is 63.6 Å². The van der Waals surface area contributed by atoms with Gasteiger partial charge in [-0.2, -0.15) is 0 Å². The molecular weight excluding hydrogens is 421 g/mol. The van der Waals surface area contributed by atoms with Gasteiger partial charge in [0.15, 0.2) is 0 Å². The summed E-state index contributed by atoms with van der Waals surface area (Å²) in [6.45, 7) is 6.35. The first-order valence-electron chi connectivity index (χ1n) is 8.24.